The molecule has 1 unspecified atom stereocenters. The van der Waals surface area contributed by atoms with Gasteiger partial charge in [0.05, 0.1) is 19.1 Å². The molecule has 136 valence electrons. The van der Waals surface area contributed by atoms with E-state index in [-0.39, 0.29) is 29.3 Å². The fourth-order valence-electron chi connectivity index (χ4n) is 3.64. The lowest BCUT2D eigenvalue weighted by Crippen LogP contribution is -2.51. The van der Waals surface area contributed by atoms with E-state index >= 15 is 0 Å². The van der Waals surface area contributed by atoms with E-state index in [9.17, 15) is 9.59 Å². The van der Waals surface area contributed by atoms with Gasteiger partial charge in [-0.2, -0.15) is 0 Å². The van der Waals surface area contributed by atoms with Crippen LogP contribution in [0.25, 0.3) is 0 Å². The minimum absolute atomic E-state index is 0.0541. The van der Waals surface area contributed by atoms with Crippen LogP contribution in [0, 0.1) is 11.3 Å². The van der Waals surface area contributed by atoms with E-state index in [2.05, 4.69) is 31.7 Å². The van der Waals surface area contributed by atoms with Crippen LogP contribution in [0.5, 0.6) is 0 Å². The summed E-state index contributed by atoms with van der Waals surface area (Å²) in [5.74, 6) is -0.0152. The van der Waals surface area contributed by atoms with Crippen molar-refractivity contribution in [2.45, 2.75) is 53.0 Å². The zero-order valence-corrected chi connectivity index (χ0v) is 15.8. The van der Waals surface area contributed by atoms with Crippen LogP contribution < -0.4 is 0 Å². The summed E-state index contributed by atoms with van der Waals surface area (Å²) in [6, 6.07) is -0.0996. The van der Waals surface area contributed by atoms with Gasteiger partial charge in [-0.1, -0.05) is 32.4 Å². The summed E-state index contributed by atoms with van der Waals surface area (Å²) in [6.07, 6.45) is 4.74. The van der Waals surface area contributed by atoms with Crippen molar-refractivity contribution in [3.63, 3.8) is 0 Å². The molecule has 2 aliphatic heterocycles. The molecule has 0 aliphatic carbocycles. The van der Waals surface area contributed by atoms with Crippen molar-refractivity contribution in [1.82, 2.24) is 9.80 Å². The first kappa shape index (κ1) is 19.0. The number of rotatable bonds is 3. The van der Waals surface area contributed by atoms with Crippen molar-refractivity contribution >= 4 is 11.9 Å². The quantitative estimate of drug-likeness (QED) is 0.587. The van der Waals surface area contributed by atoms with Crippen LogP contribution in [-0.2, 0) is 14.3 Å². The Morgan fingerprint density at radius 1 is 1.21 bits per heavy atom. The number of piperidine rings is 1. The van der Waals surface area contributed by atoms with E-state index in [0.29, 0.717) is 25.9 Å². The molecule has 5 nitrogen and oxygen atoms in total. The van der Waals surface area contributed by atoms with Gasteiger partial charge in [0.15, 0.2) is 0 Å². The Balaban J connectivity index is 1.88. The second-order valence-corrected chi connectivity index (χ2v) is 8.02. The molecule has 1 atom stereocenters. The number of carbonyl (C=O) groups is 2. The van der Waals surface area contributed by atoms with Crippen LogP contribution >= 0.6 is 0 Å². The van der Waals surface area contributed by atoms with Gasteiger partial charge in [0.1, 0.15) is 0 Å². The molecule has 1 saturated heterocycles. The molecule has 2 rings (SSSR count). The number of ether oxygens (including phenoxy) is 1. The summed E-state index contributed by atoms with van der Waals surface area (Å²) in [6.45, 7) is 11.8. The topological polar surface area (TPSA) is 49.9 Å². The Hall–Kier alpha value is -1.36. The third-order valence-corrected chi connectivity index (χ3v) is 5.45. The predicted octanol–water partition coefficient (Wildman–Crippen LogP) is 2.46. The van der Waals surface area contributed by atoms with E-state index < -0.39 is 0 Å². The van der Waals surface area contributed by atoms with E-state index in [4.69, 9.17) is 4.74 Å². The number of amides is 1. The first-order valence-corrected chi connectivity index (χ1v) is 9.04. The minimum Gasteiger partial charge on any atom is -0.469 e. The maximum Gasteiger partial charge on any atom is 0.308 e. The molecule has 24 heavy (non-hydrogen) atoms. The first-order valence-electron chi connectivity index (χ1n) is 9.04. The molecule has 0 N–H and O–H groups in total. The summed E-state index contributed by atoms with van der Waals surface area (Å²) in [7, 11) is 1.43. The zero-order chi connectivity index (χ0) is 17.9. The highest BCUT2D eigenvalue weighted by atomic mass is 16.5. The molecule has 0 saturated carbocycles. The van der Waals surface area contributed by atoms with Gasteiger partial charge in [-0.15, -0.1) is 0 Å². The van der Waals surface area contributed by atoms with Gasteiger partial charge in [-0.25, -0.2) is 0 Å². The van der Waals surface area contributed by atoms with Crippen LogP contribution in [0.4, 0.5) is 0 Å². The lowest BCUT2D eigenvalue weighted by molar-refractivity contribution is -0.149. The number of esters is 1. The Bertz CT molecular complexity index is 499. The van der Waals surface area contributed by atoms with E-state index in [1.54, 1.807) is 0 Å². The molecule has 0 radical (unpaired) electrons. The van der Waals surface area contributed by atoms with Crippen molar-refractivity contribution in [2.24, 2.45) is 11.3 Å². The molecule has 2 heterocycles. The van der Waals surface area contributed by atoms with Gasteiger partial charge in [0, 0.05) is 26.2 Å². The third-order valence-electron chi connectivity index (χ3n) is 5.45. The highest BCUT2D eigenvalue weighted by Gasteiger charge is 2.32. The van der Waals surface area contributed by atoms with Gasteiger partial charge in [0.25, 0.3) is 0 Å². The Kier molecular flexibility index (Phi) is 6.07. The van der Waals surface area contributed by atoms with Crippen molar-refractivity contribution < 1.29 is 14.3 Å². The normalized spacial score (nSPS) is 22.0. The molecule has 0 aromatic rings. The van der Waals surface area contributed by atoms with Crippen LogP contribution in [0.3, 0.4) is 0 Å². The highest BCUT2D eigenvalue weighted by molar-refractivity contribution is 5.82. The third kappa shape index (κ3) is 4.38. The van der Waals surface area contributed by atoms with Crippen molar-refractivity contribution in [3.05, 3.63) is 11.6 Å². The van der Waals surface area contributed by atoms with Gasteiger partial charge in [-0.05, 0) is 31.6 Å². The first-order chi connectivity index (χ1) is 11.2. The fraction of sp³-hybridized carbons (Fsp3) is 0.789. The van der Waals surface area contributed by atoms with E-state index in [0.717, 1.165) is 19.5 Å². The monoisotopic (exact) mass is 336 g/mol. The average molecular weight is 336 g/mol. The SMILES string of the molecule is COC(=O)C1CCN(C(=O)C(C)N2CC=C(C(C)(C)C)CC2)CC1. The maximum atomic E-state index is 12.8. The summed E-state index contributed by atoms with van der Waals surface area (Å²) >= 11 is 0. The van der Waals surface area contributed by atoms with Crippen LogP contribution in [0.15, 0.2) is 11.6 Å². The van der Waals surface area contributed by atoms with Crippen LogP contribution in [0.1, 0.15) is 47.0 Å². The molecule has 0 bridgehead atoms. The Morgan fingerprint density at radius 2 is 1.83 bits per heavy atom. The number of likely N-dealkylation sites (tertiary alicyclic amines) is 1. The van der Waals surface area contributed by atoms with Crippen LogP contribution in [0.2, 0.25) is 0 Å². The Morgan fingerprint density at radius 3 is 2.29 bits per heavy atom. The van der Waals surface area contributed by atoms with E-state index in [1.165, 1.54) is 12.7 Å². The van der Waals surface area contributed by atoms with Crippen molar-refractivity contribution in [2.75, 3.05) is 33.3 Å². The lowest BCUT2D eigenvalue weighted by atomic mass is 9.83. The number of hydrogen-bond donors (Lipinski definition) is 0. The summed E-state index contributed by atoms with van der Waals surface area (Å²) in [5, 5.41) is 0. The molecule has 5 heteroatoms. The molecule has 0 aromatic heterocycles. The van der Waals surface area contributed by atoms with Gasteiger partial charge >= 0.3 is 5.97 Å². The molecule has 1 amide bonds. The minimum atomic E-state index is -0.147. The zero-order valence-electron chi connectivity index (χ0n) is 15.8. The molecule has 0 spiro atoms. The second-order valence-electron chi connectivity index (χ2n) is 8.02. The number of hydrogen-bond acceptors (Lipinski definition) is 4. The summed E-state index contributed by atoms with van der Waals surface area (Å²) in [4.78, 5) is 28.5. The summed E-state index contributed by atoms with van der Waals surface area (Å²) < 4.78 is 4.81. The number of nitrogens with zero attached hydrogens (tertiary/aromatic N) is 2. The maximum absolute atomic E-state index is 12.8. The predicted molar refractivity (Wildman–Crippen MR) is 94.5 cm³/mol. The smallest absolute Gasteiger partial charge is 0.308 e. The number of methoxy groups -OCH3 is 1. The molecule has 2 aliphatic rings. The summed E-state index contributed by atoms with van der Waals surface area (Å²) in [5.41, 5.74) is 1.70. The molecular weight excluding hydrogens is 304 g/mol. The Labute approximate surface area is 146 Å². The lowest BCUT2D eigenvalue weighted by Gasteiger charge is -2.38. The molecule has 0 aromatic carbocycles. The second kappa shape index (κ2) is 7.68. The van der Waals surface area contributed by atoms with Crippen LogP contribution in [-0.4, -0.2) is 61.0 Å². The number of carbonyl (C=O) groups excluding carboxylic acids is 2. The molecule has 1 fully saturated rings. The van der Waals surface area contributed by atoms with Gasteiger partial charge < -0.3 is 9.64 Å². The molecular formula is C19H32N2O3. The van der Waals surface area contributed by atoms with E-state index in [1.807, 2.05) is 11.8 Å². The highest BCUT2D eigenvalue weighted by Crippen LogP contribution is 2.30. The van der Waals surface area contributed by atoms with Crippen molar-refractivity contribution in [3.8, 4) is 0 Å². The van der Waals surface area contributed by atoms with Crippen molar-refractivity contribution in [1.29, 1.82) is 0 Å². The van der Waals surface area contributed by atoms with Gasteiger partial charge in [0.2, 0.25) is 5.91 Å². The largest absolute Gasteiger partial charge is 0.469 e. The average Bonchev–Trinajstić information content (AvgIpc) is 2.59. The standard InChI is InChI=1S/C19H32N2O3/c1-14(20-12-8-16(9-13-20)19(2,3)4)17(22)21-10-6-15(7-11-21)18(23)24-5/h8,14-15H,6-7,9-13H2,1-5H3. The van der Waals surface area contributed by atoms with Gasteiger partial charge in [-0.3, -0.25) is 14.5 Å². The fourth-order valence-corrected chi connectivity index (χ4v) is 3.64.